The highest BCUT2D eigenvalue weighted by Gasteiger charge is 2.15. The summed E-state index contributed by atoms with van der Waals surface area (Å²) in [6, 6.07) is 19.9. The van der Waals surface area contributed by atoms with Gasteiger partial charge in [-0.2, -0.15) is 0 Å². The molecule has 1 aromatic heterocycles. The zero-order chi connectivity index (χ0) is 24.8. The maximum absolute atomic E-state index is 12.7. The Morgan fingerprint density at radius 2 is 1.71 bits per heavy atom. The van der Waals surface area contributed by atoms with Crippen LogP contribution in [0.5, 0.6) is 11.5 Å². The molecule has 0 aliphatic carbocycles. The molecule has 0 aliphatic rings. The van der Waals surface area contributed by atoms with Gasteiger partial charge in [0.2, 0.25) is 0 Å². The number of aryl methyl sites for hydroxylation is 1. The molecule has 0 saturated heterocycles. The average Bonchev–Trinajstić information content (AvgIpc) is 3.29. The summed E-state index contributed by atoms with van der Waals surface area (Å²) >= 11 is 1.56. The van der Waals surface area contributed by atoms with Crippen molar-refractivity contribution in [2.45, 2.75) is 11.8 Å². The van der Waals surface area contributed by atoms with Crippen LogP contribution in [-0.4, -0.2) is 33.0 Å². The number of benzene rings is 3. The minimum Gasteiger partial charge on any atom is -0.497 e. The van der Waals surface area contributed by atoms with Crippen molar-refractivity contribution in [3.8, 4) is 22.8 Å². The molecule has 2 N–H and O–H groups in total. The van der Waals surface area contributed by atoms with Crippen molar-refractivity contribution in [2.24, 2.45) is 0 Å². The van der Waals surface area contributed by atoms with E-state index in [0.29, 0.717) is 22.9 Å². The second-order valence-corrected chi connectivity index (χ2v) is 10.2. The Bertz CT molecular complexity index is 1430. The van der Waals surface area contributed by atoms with Crippen molar-refractivity contribution >= 4 is 38.6 Å². The molecule has 0 bridgehead atoms. The molecule has 10 heteroatoms. The zero-order valence-corrected chi connectivity index (χ0v) is 20.7. The summed E-state index contributed by atoms with van der Waals surface area (Å²) in [4.78, 5) is 16.9. The van der Waals surface area contributed by atoms with E-state index in [1.807, 2.05) is 30.5 Å². The van der Waals surface area contributed by atoms with Crippen LogP contribution in [0, 0.1) is 6.92 Å². The number of nitrogens with one attached hydrogen (secondary N) is 2. The first-order valence-electron chi connectivity index (χ1n) is 10.5. The first kappa shape index (κ1) is 24.2. The lowest BCUT2D eigenvalue weighted by atomic mass is 10.1. The van der Waals surface area contributed by atoms with Crippen LogP contribution in [0.3, 0.4) is 0 Å². The van der Waals surface area contributed by atoms with Crippen molar-refractivity contribution in [2.75, 3.05) is 23.8 Å². The normalized spacial score (nSPS) is 11.0. The quantitative estimate of drug-likeness (QED) is 0.331. The van der Waals surface area contributed by atoms with Gasteiger partial charge in [-0.1, -0.05) is 18.2 Å². The molecule has 4 aromatic rings. The van der Waals surface area contributed by atoms with E-state index in [0.717, 1.165) is 16.3 Å². The number of aromatic nitrogens is 1. The number of methoxy groups -OCH3 is 1. The molecule has 0 unspecified atom stereocenters. The highest BCUT2D eigenvalue weighted by molar-refractivity contribution is 7.92. The molecule has 1 amide bonds. The number of nitrogens with zero attached hydrogens (tertiary/aromatic N) is 1. The number of hydrogen-bond acceptors (Lipinski definition) is 7. The van der Waals surface area contributed by atoms with Crippen molar-refractivity contribution < 1.29 is 22.7 Å². The number of anilines is 2. The van der Waals surface area contributed by atoms with Crippen LogP contribution >= 0.6 is 11.3 Å². The van der Waals surface area contributed by atoms with Gasteiger partial charge in [0.25, 0.3) is 15.9 Å². The standard InChI is InChI=1S/C25H23N3O5S2/c1-17-26-24(16-34-17)18-5-3-6-19(13-18)27-25(29)15-33-21-9-11-23(12-10-21)35(30,31)28-20-7-4-8-22(14-20)32-2/h3-14,16,28H,15H2,1-2H3,(H,27,29). The monoisotopic (exact) mass is 509 g/mol. The SMILES string of the molecule is COc1cccc(NS(=O)(=O)c2ccc(OCC(=O)Nc3cccc(-c4csc(C)n4)c3)cc2)c1. The van der Waals surface area contributed by atoms with Gasteiger partial charge in [0.05, 0.1) is 28.4 Å². The van der Waals surface area contributed by atoms with Gasteiger partial charge in [0.15, 0.2) is 6.61 Å². The van der Waals surface area contributed by atoms with E-state index < -0.39 is 10.0 Å². The predicted molar refractivity (Wildman–Crippen MR) is 137 cm³/mol. The van der Waals surface area contributed by atoms with Crippen molar-refractivity contribution in [1.29, 1.82) is 0 Å². The Balaban J connectivity index is 1.34. The fraction of sp³-hybridized carbons (Fsp3) is 0.120. The predicted octanol–water partition coefficient (Wildman–Crippen LogP) is 4.95. The van der Waals surface area contributed by atoms with Crippen molar-refractivity contribution in [3.05, 3.63) is 83.2 Å². The topological polar surface area (TPSA) is 107 Å². The lowest BCUT2D eigenvalue weighted by molar-refractivity contribution is -0.118. The number of thiazole rings is 1. The fourth-order valence-electron chi connectivity index (χ4n) is 3.21. The largest absolute Gasteiger partial charge is 0.497 e. The molecule has 3 aromatic carbocycles. The van der Waals surface area contributed by atoms with Gasteiger partial charge in [-0.05, 0) is 55.5 Å². The summed E-state index contributed by atoms with van der Waals surface area (Å²) in [5.41, 5.74) is 2.78. The van der Waals surface area contributed by atoms with Gasteiger partial charge in [-0.25, -0.2) is 13.4 Å². The summed E-state index contributed by atoms with van der Waals surface area (Å²) in [6.07, 6.45) is 0. The van der Waals surface area contributed by atoms with E-state index in [-0.39, 0.29) is 17.4 Å². The van der Waals surface area contributed by atoms with E-state index in [2.05, 4.69) is 15.0 Å². The van der Waals surface area contributed by atoms with Gasteiger partial charge < -0.3 is 14.8 Å². The number of hydrogen-bond donors (Lipinski definition) is 2. The number of amides is 1. The average molecular weight is 510 g/mol. The van der Waals surface area contributed by atoms with E-state index in [9.17, 15) is 13.2 Å². The van der Waals surface area contributed by atoms with E-state index in [1.165, 1.54) is 31.4 Å². The lowest BCUT2D eigenvalue weighted by Gasteiger charge is -2.11. The third-order valence-corrected chi connectivity index (χ3v) is 7.06. The molecule has 0 spiro atoms. The molecule has 0 radical (unpaired) electrons. The Morgan fingerprint density at radius 1 is 0.971 bits per heavy atom. The van der Waals surface area contributed by atoms with Crippen molar-refractivity contribution in [1.82, 2.24) is 4.98 Å². The second-order valence-electron chi connectivity index (χ2n) is 7.48. The van der Waals surface area contributed by atoms with Gasteiger partial charge in [-0.15, -0.1) is 11.3 Å². The zero-order valence-electron chi connectivity index (χ0n) is 19.0. The molecular formula is C25H23N3O5S2. The van der Waals surface area contributed by atoms with Crippen LogP contribution in [0.4, 0.5) is 11.4 Å². The highest BCUT2D eigenvalue weighted by atomic mass is 32.2. The maximum Gasteiger partial charge on any atom is 0.262 e. The Labute approximate surface area is 207 Å². The van der Waals surface area contributed by atoms with Gasteiger partial charge in [0, 0.05) is 22.7 Å². The van der Waals surface area contributed by atoms with Crippen LogP contribution in [0.15, 0.2) is 83.1 Å². The molecule has 180 valence electrons. The van der Waals surface area contributed by atoms with Gasteiger partial charge in [-0.3, -0.25) is 9.52 Å². The van der Waals surface area contributed by atoms with E-state index in [4.69, 9.17) is 9.47 Å². The summed E-state index contributed by atoms with van der Waals surface area (Å²) in [5, 5.41) is 5.73. The number of sulfonamides is 1. The Morgan fingerprint density at radius 3 is 2.43 bits per heavy atom. The van der Waals surface area contributed by atoms with Gasteiger partial charge in [0.1, 0.15) is 11.5 Å². The number of rotatable bonds is 9. The Kier molecular flexibility index (Phi) is 7.33. The maximum atomic E-state index is 12.7. The summed E-state index contributed by atoms with van der Waals surface area (Å²) in [7, 11) is -2.29. The molecule has 0 saturated carbocycles. The molecule has 35 heavy (non-hydrogen) atoms. The van der Waals surface area contributed by atoms with Crippen LogP contribution in [0.1, 0.15) is 5.01 Å². The first-order valence-corrected chi connectivity index (χ1v) is 12.9. The molecule has 0 fully saturated rings. The molecule has 8 nitrogen and oxygen atoms in total. The van der Waals surface area contributed by atoms with E-state index in [1.54, 1.807) is 41.7 Å². The number of carbonyl (C=O) groups excluding carboxylic acids is 1. The summed E-state index contributed by atoms with van der Waals surface area (Å²) in [5.74, 6) is 0.567. The third-order valence-electron chi connectivity index (χ3n) is 4.89. The fourth-order valence-corrected chi connectivity index (χ4v) is 4.89. The highest BCUT2D eigenvalue weighted by Crippen LogP contribution is 2.25. The molecule has 1 heterocycles. The lowest BCUT2D eigenvalue weighted by Crippen LogP contribution is -2.20. The number of ether oxygens (including phenoxy) is 2. The smallest absolute Gasteiger partial charge is 0.262 e. The van der Waals surface area contributed by atoms with Crippen molar-refractivity contribution in [3.63, 3.8) is 0 Å². The third kappa shape index (κ3) is 6.37. The second kappa shape index (κ2) is 10.6. The summed E-state index contributed by atoms with van der Waals surface area (Å²) < 4.78 is 38.4. The van der Waals surface area contributed by atoms with Crippen LogP contribution in [0.2, 0.25) is 0 Å². The van der Waals surface area contributed by atoms with E-state index >= 15 is 0 Å². The van der Waals surface area contributed by atoms with Gasteiger partial charge >= 0.3 is 0 Å². The van der Waals surface area contributed by atoms with Crippen LogP contribution in [-0.2, 0) is 14.8 Å². The minimum absolute atomic E-state index is 0.0613. The van der Waals surface area contributed by atoms with Crippen LogP contribution in [0.25, 0.3) is 11.3 Å². The Hall–Kier alpha value is -3.89. The molecular weight excluding hydrogens is 486 g/mol. The van der Waals surface area contributed by atoms with Crippen LogP contribution < -0.4 is 19.5 Å². The minimum atomic E-state index is -3.80. The molecule has 0 aliphatic heterocycles. The first-order chi connectivity index (χ1) is 16.8. The molecule has 4 rings (SSSR count). The number of carbonyl (C=O) groups is 1. The summed E-state index contributed by atoms with van der Waals surface area (Å²) in [6.45, 7) is 1.71. The molecule has 0 atom stereocenters.